The summed E-state index contributed by atoms with van der Waals surface area (Å²) in [6.45, 7) is 8.77. The molecular weight excluding hydrogens is 256 g/mol. The van der Waals surface area contributed by atoms with Crippen LogP contribution in [0, 0.1) is 0 Å². The maximum absolute atomic E-state index is 11.1. The number of benzene rings is 1. The minimum atomic E-state index is -0.101. The zero-order chi connectivity index (χ0) is 14.5. The van der Waals surface area contributed by atoms with Gasteiger partial charge in [0.15, 0.2) is 0 Å². The van der Waals surface area contributed by atoms with Crippen LogP contribution in [0.15, 0.2) is 29.2 Å². The molecule has 1 rings (SSSR count). The van der Waals surface area contributed by atoms with Crippen molar-refractivity contribution in [2.45, 2.75) is 56.1 Å². The van der Waals surface area contributed by atoms with E-state index in [0.29, 0.717) is 11.7 Å². The zero-order valence-corrected chi connectivity index (χ0v) is 13.0. The summed E-state index contributed by atoms with van der Waals surface area (Å²) in [5, 5.41) is 0.401. The average molecular weight is 280 g/mol. The van der Waals surface area contributed by atoms with Crippen molar-refractivity contribution in [3.8, 4) is 0 Å². The van der Waals surface area contributed by atoms with Crippen LogP contribution in [-0.4, -0.2) is 11.2 Å². The van der Waals surface area contributed by atoms with Gasteiger partial charge < -0.3 is 0 Å². The van der Waals surface area contributed by atoms with E-state index in [0.717, 1.165) is 6.42 Å². The molecule has 0 saturated heterocycles. The van der Waals surface area contributed by atoms with Gasteiger partial charge in [-0.2, -0.15) is 0 Å². The molecule has 19 heavy (non-hydrogen) atoms. The molecule has 1 aromatic carbocycles. The standard InChI is InChI=1S/C15H24N2OS/c1-11(5-10-14(18)17-16)19-13-8-6-12(7-9-13)15(2,3)4/h6-9,11H,5,10,16H2,1-4H3,(H,17,18). The predicted octanol–water partition coefficient (Wildman–Crippen LogP) is 3.23. The van der Waals surface area contributed by atoms with Crippen LogP contribution in [0.4, 0.5) is 0 Å². The Morgan fingerprint density at radius 1 is 1.32 bits per heavy atom. The number of carbonyl (C=O) groups is 1. The van der Waals surface area contributed by atoms with Crippen molar-refractivity contribution < 1.29 is 4.79 Å². The van der Waals surface area contributed by atoms with E-state index in [2.05, 4.69) is 57.4 Å². The third-order valence-corrected chi connectivity index (χ3v) is 4.18. The van der Waals surface area contributed by atoms with Crippen LogP contribution in [-0.2, 0) is 10.2 Å². The molecule has 0 aliphatic heterocycles. The fourth-order valence-corrected chi connectivity index (χ4v) is 2.72. The lowest BCUT2D eigenvalue weighted by Crippen LogP contribution is -2.30. The monoisotopic (exact) mass is 280 g/mol. The van der Waals surface area contributed by atoms with Crippen molar-refractivity contribution in [3.05, 3.63) is 29.8 Å². The number of thioether (sulfide) groups is 1. The number of nitrogens with one attached hydrogen (secondary N) is 1. The SMILES string of the molecule is CC(CCC(=O)NN)Sc1ccc(C(C)(C)C)cc1. The molecule has 3 nitrogen and oxygen atoms in total. The summed E-state index contributed by atoms with van der Waals surface area (Å²) in [7, 11) is 0. The van der Waals surface area contributed by atoms with Crippen molar-refractivity contribution in [1.29, 1.82) is 0 Å². The molecule has 4 heteroatoms. The molecule has 0 aliphatic carbocycles. The van der Waals surface area contributed by atoms with Gasteiger partial charge in [0.05, 0.1) is 0 Å². The Hall–Kier alpha value is -1.00. The van der Waals surface area contributed by atoms with Crippen LogP contribution in [0.5, 0.6) is 0 Å². The highest BCUT2D eigenvalue weighted by molar-refractivity contribution is 7.99. The Bertz CT molecular complexity index is 409. The van der Waals surface area contributed by atoms with Gasteiger partial charge in [-0.15, -0.1) is 11.8 Å². The number of hydrogen-bond acceptors (Lipinski definition) is 3. The number of rotatable bonds is 5. The van der Waals surface area contributed by atoms with Crippen molar-refractivity contribution in [3.63, 3.8) is 0 Å². The highest BCUT2D eigenvalue weighted by atomic mass is 32.2. The summed E-state index contributed by atoms with van der Waals surface area (Å²) in [6.07, 6.45) is 1.31. The summed E-state index contributed by atoms with van der Waals surface area (Å²) in [6, 6.07) is 8.68. The van der Waals surface area contributed by atoms with E-state index in [9.17, 15) is 4.79 Å². The summed E-state index contributed by atoms with van der Waals surface area (Å²) in [5.41, 5.74) is 3.69. The van der Waals surface area contributed by atoms with Gasteiger partial charge in [-0.05, 0) is 29.5 Å². The van der Waals surface area contributed by atoms with Crippen LogP contribution >= 0.6 is 11.8 Å². The fraction of sp³-hybridized carbons (Fsp3) is 0.533. The first-order valence-electron chi connectivity index (χ1n) is 6.59. The summed E-state index contributed by atoms with van der Waals surface area (Å²) < 4.78 is 0. The first-order valence-corrected chi connectivity index (χ1v) is 7.47. The lowest BCUT2D eigenvalue weighted by Gasteiger charge is -2.19. The van der Waals surface area contributed by atoms with Gasteiger partial charge in [-0.3, -0.25) is 10.2 Å². The number of hydrazine groups is 1. The Kier molecular flexibility index (Phi) is 5.88. The molecule has 0 fully saturated rings. The normalized spacial score (nSPS) is 13.1. The van der Waals surface area contributed by atoms with E-state index in [1.54, 1.807) is 11.8 Å². The van der Waals surface area contributed by atoms with Crippen molar-refractivity contribution in [1.82, 2.24) is 5.43 Å². The van der Waals surface area contributed by atoms with Crippen molar-refractivity contribution in [2.24, 2.45) is 5.84 Å². The van der Waals surface area contributed by atoms with Gasteiger partial charge in [-0.25, -0.2) is 5.84 Å². The van der Waals surface area contributed by atoms with Gasteiger partial charge in [-0.1, -0.05) is 39.8 Å². The Labute approximate surface area is 120 Å². The van der Waals surface area contributed by atoms with Crippen molar-refractivity contribution in [2.75, 3.05) is 0 Å². The molecular formula is C15H24N2OS. The molecule has 1 unspecified atom stereocenters. The molecule has 3 N–H and O–H groups in total. The largest absolute Gasteiger partial charge is 0.294 e. The number of carbonyl (C=O) groups excluding carboxylic acids is 1. The lowest BCUT2D eigenvalue weighted by molar-refractivity contribution is -0.121. The third kappa shape index (κ3) is 5.66. The second kappa shape index (κ2) is 6.96. The van der Waals surface area contributed by atoms with E-state index in [1.165, 1.54) is 10.5 Å². The second-order valence-corrected chi connectivity index (χ2v) is 7.32. The van der Waals surface area contributed by atoms with Gasteiger partial charge in [0.1, 0.15) is 0 Å². The topological polar surface area (TPSA) is 55.1 Å². The van der Waals surface area contributed by atoms with E-state index in [4.69, 9.17) is 5.84 Å². The number of amides is 1. The predicted molar refractivity (Wildman–Crippen MR) is 82.0 cm³/mol. The van der Waals surface area contributed by atoms with Gasteiger partial charge >= 0.3 is 0 Å². The number of hydrogen-bond donors (Lipinski definition) is 2. The summed E-state index contributed by atoms with van der Waals surface area (Å²) in [5.74, 6) is 4.96. The molecule has 0 aliphatic rings. The van der Waals surface area contributed by atoms with E-state index < -0.39 is 0 Å². The molecule has 106 valence electrons. The zero-order valence-electron chi connectivity index (χ0n) is 12.2. The van der Waals surface area contributed by atoms with Crippen LogP contribution in [0.3, 0.4) is 0 Å². The van der Waals surface area contributed by atoms with Crippen LogP contribution in [0.1, 0.15) is 46.1 Å². The Morgan fingerprint density at radius 2 is 1.89 bits per heavy atom. The number of nitrogens with two attached hydrogens (primary N) is 1. The quantitative estimate of drug-likeness (QED) is 0.377. The minimum absolute atomic E-state index is 0.101. The Morgan fingerprint density at radius 3 is 2.37 bits per heavy atom. The molecule has 1 atom stereocenters. The Balaban J connectivity index is 2.51. The minimum Gasteiger partial charge on any atom is -0.294 e. The molecule has 0 radical (unpaired) electrons. The highest BCUT2D eigenvalue weighted by Gasteiger charge is 2.13. The first-order chi connectivity index (χ1) is 8.82. The van der Waals surface area contributed by atoms with Gasteiger partial charge in [0.25, 0.3) is 0 Å². The van der Waals surface area contributed by atoms with Gasteiger partial charge in [0, 0.05) is 16.6 Å². The maximum atomic E-state index is 11.1. The fourth-order valence-electron chi connectivity index (χ4n) is 1.73. The molecule has 1 aromatic rings. The molecule has 0 spiro atoms. The van der Waals surface area contributed by atoms with Gasteiger partial charge in [0.2, 0.25) is 5.91 Å². The molecule has 1 amide bonds. The van der Waals surface area contributed by atoms with E-state index in [-0.39, 0.29) is 11.3 Å². The lowest BCUT2D eigenvalue weighted by atomic mass is 9.87. The van der Waals surface area contributed by atoms with E-state index >= 15 is 0 Å². The smallest absolute Gasteiger partial charge is 0.233 e. The summed E-state index contributed by atoms with van der Waals surface area (Å²) >= 11 is 1.79. The third-order valence-electron chi connectivity index (χ3n) is 3.00. The highest BCUT2D eigenvalue weighted by Crippen LogP contribution is 2.29. The molecule has 0 bridgehead atoms. The maximum Gasteiger partial charge on any atom is 0.233 e. The van der Waals surface area contributed by atoms with Crippen LogP contribution in [0.2, 0.25) is 0 Å². The average Bonchev–Trinajstić information content (AvgIpc) is 2.35. The molecule has 0 heterocycles. The van der Waals surface area contributed by atoms with Crippen LogP contribution in [0.25, 0.3) is 0 Å². The van der Waals surface area contributed by atoms with Crippen molar-refractivity contribution >= 4 is 17.7 Å². The summed E-state index contributed by atoms with van der Waals surface area (Å²) in [4.78, 5) is 12.3. The first kappa shape index (κ1) is 16.1. The molecule has 0 saturated carbocycles. The van der Waals surface area contributed by atoms with Crippen LogP contribution < -0.4 is 11.3 Å². The second-order valence-electron chi connectivity index (χ2n) is 5.81. The van der Waals surface area contributed by atoms with E-state index in [1.807, 2.05) is 0 Å². The molecule has 0 aromatic heterocycles.